The van der Waals surface area contributed by atoms with Crippen LogP contribution in [0.5, 0.6) is 0 Å². The quantitative estimate of drug-likeness (QED) is 0.514. The van der Waals surface area contributed by atoms with Gasteiger partial charge in [0.15, 0.2) is 0 Å². The Labute approximate surface area is 79.1 Å². The van der Waals surface area contributed by atoms with Gasteiger partial charge in [0.05, 0.1) is 0 Å². The highest BCUT2D eigenvalue weighted by Gasteiger charge is 2.03. The lowest BCUT2D eigenvalue weighted by molar-refractivity contribution is -0.134. The van der Waals surface area contributed by atoms with Crippen LogP contribution in [0.25, 0.3) is 0 Å². The van der Waals surface area contributed by atoms with E-state index in [1.165, 1.54) is 0 Å². The fourth-order valence-electron chi connectivity index (χ4n) is 0.798. The Kier molecular flexibility index (Phi) is 10.4. The molecule has 74 valence electrons. The molecular weight excluding hydrogens is 180 g/mol. The predicted octanol–water partition coefficient (Wildman–Crippen LogP) is 0.0804. The van der Waals surface area contributed by atoms with Gasteiger partial charge in [0.1, 0.15) is 0 Å². The number of halogens is 1. The number of hydrogen-bond acceptors (Lipinski definition) is 3. The van der Waals surface area contributed by atoms with Crippen molar-refractivity contribution >= 4 is 18.4 Å². The summed E-state index contributed by atoms with van der Waals surface area (Å²) < 4.78 is 0. The average Bonchev–Trinajstić information content (AvgIpc) is 1.87. The summed E-state index contributed by atoms with van der Waals surface area (Å²) >= 11 is 0. The van der Waals surface area contributed by atoms with Crippen LogP contribution in [0.1, 0.15) is 13.8 Å². The molecule has 0 amide bonds. The van der Waals surface area contributed by atoms with E-state index in [1.807, 2.05) is 0 Å². The molecule has 1 aliphatic rings. The molecule has 0 radical (unpaired) electrons. The number of aliphatic carboxylic acids is 1. The van der Waals surface area contributed by atoms with Crippen molar-refractivity contribution in [1.29, 1.82) is 0 Å². The van der Waals surface area contributed by atoms with Gasteiger partial charge in [-0.15, -0.1) is 12.4 Å². The standard InChI is InChI=1S/C5H12N2.C2H4O2.ClH/c1-5-4-6-2-3-7-5;1-2(3)4;/h5-7H,2-4H2,1H3;1H3,(H,3,4);1H. The van der Waals surface area contributed by atoms with Crippen LogP contribution in [0.3, 0.4) is 0 Å². The molecular formula is C7H17ClN2O2. The lowest BCUT2D eigenvalue weighted by Crippen LogP contribution is -2.46. The summed E-state index contributed by atoms with van der Waals surface area (Å²) in [6.07, 6.45) is 0. The van der Waals surface area contributed by atoms with E-state index in [0.29, 0.717) is 6.04 Å². The Balaban J connectivity index is 0. The average molecular weight is 197 g/mol. The summed E-state index contributed by atoms with van der Waals surface area (Å²) in [4.78, 5) is 9.00. The van der Waals surface area contributed by atoms with Gasteiger partial charge >= 0.3 is 0 Å². The Morgan fingerprint density at radius 3 is 2.17 bits per heavy atom. The van der Waals surface area contributed by atoms with Gasteiger partial charge in [-0.05, 0) is 6.92 Å². The number of carbonyl (C=O) groups is 1. The Morgan fingerprint density at radius 2 is 2.00 bits per heavy atom. The minimum absolute atomic E-state index is 0. The van der Waals surface area contributed by atoms with E-state index in [9.17, 15) is 0 Å². The van der Waals surface area contributed by atoms with E-state index >= 15 is 0 Å². The van der Waals surface area contributed by atoms with Crippen molar-refractivity contribution in [3.8, 4) is 0 Å². The normalized spacial score (nSPS) is 21.3. The van der Waals surface area contributed by atoms with Crippen LogP contribution in [0.15, 0.2) is 0 Å². The molecule has 0 aromatic carbocycles. The molecule has 1 aliphatic heterocycles. The predicted molar refractivity (Wildman–Crippen MR) is 50.9 cm³/mol. The molecule has 3 N–H and O–H groups in total. The zero-order valence-electron chi connectivity index (χ0n) is 7.46. The smallest absolute Gasteiger partial charge is 0.300 e. The van der Waals surface area contributed by atoms with Crippen LogP contribution >= 0.6 is 12.4 Å². The summed E-state index contributed by atoms with van der Waals surface area (Å²) in [6, 6.07) is 0.675. The minimum Gasteiger partial charge on any atom is -0.481 e. The van der Waals surface area contributed by atoms with Gasteiger partial charge in [0.2, 0.25) is 0 Å². The lowest BCUT2D eigenvalue weighted by Gasteiger charge is -2.19. The number of piperazine rings is 1. The van der Waals surface area contributed by atoms with Gasteiger partial charge < -0.3 is 15.7 Å². The van der Waals surface area contributed by atoms with Gasteiger partial charge in [-0.3, -0.25) is 4.79 Å². The molecule has 1 atom stereocenters. The van der Waals surface area contributed by atoms with Crippen molar-refractivity contribution in [3.05, 3.63) is 0 Å². The maximum Gasteiger partial charge on any atom is 0.300 e. The van der Waals surface area contributed by atoms with Crippen molar-refractivity contribution in [2.24, 2.45) is 0 Å². The van der Waals surface area contributed by atoms with E-state index < -0.39 is 5.97 Å². The summed E-state index contributed by atoms with van der Waals surface area (Å²) in [6.45, 7) is 6.65. The van der Waals surface area contributed by atoms with Gasteiger partial charge in [0, 0.05) is 32.6 Å². The third-order valence-electron chi connectivity index (χ3n) is 1.25. The number of carboxylic acid groups (broad SMARTS) is 1. The van der Waals surface area contributed by atoms with Crippen LogP contribution in [-0.2, 0) is 4.79 Å². The zero-order valence-corrected chi connectivity index (χ0v) is 8.28. The van der Waals surface area contributed by atoms with Crippen LogP contribution in [0.4, 0.5) is 0 Å². The second-order valence-electron chi connectivity index (χ2n) is 2.58. The monoisotopic (exact) mass is 196 g/mol. The molecule has 0 aromatic rings. The van der Waals surface area contributed by atoms with Crippen molar-refractivity contribution in [2.45, 2.75) is 19.9 Å². The maximum atomic E-state index is 9.00. The number of hydrogen-bond donors (Lipinski definition) is 3. The first-order valence-corrected chi connectivity index (χ1v) is 3.76. The second kappa shape index (κ2) is 8.77. The highest BCUT2D eigenvalue weighted by Crippen LogP contribution is 1.80. The molecule has 0 aliphatic carbocycles. The molecule has 1 fully saturated rings. The number of carboxylic acids is 1. The molecule has 4 nitrogen and oxygen atoms in total. The molecule has 0 saturated carbocycles. The Morgan fingerprint density at radius 1 is 1.50 bits per heavy atom. The fraction of sp³-hybridized carbons (Fsp3) is 0.857. The first kappa shape index (κ1) is 14.2. The van der Waals surface area contributed by atoms with Crippen molar-refractivity contribution in [3.63, 3.8) is 0 Å². The van der Waals surface area contributed by atoms with Crippen LogP contribution in [0.2, 0.25) is 0 Å². The minimum atomic E-state index is -0.833. The molecule has 0 aromatic heterocycles. The topological polar surface area (TPSA) is 61.4 Å². The summed E-state index contributed by atoms with van der Waals surface area (Å²) in [7, 11) is 0. The van der Waals surface area contributed by atoms with Gasteiger partial charge in [-0.1, -0.05) is 0 Å². The summed E-state index contributed by atoms with van der Waals surface area (Å²) in [5.41, 5.74) is 0. The van der Waals surface area contributed by atoms with Gasteiger partial charge in [-0.2, -0.15) is 0 Å². The largest absolute Gasteiger partial charge is 0.481 e. The van der Waals surface area contributed by atoms with E-state index in [-0.39, 0.29) is 12.4 Å². The highest BCUT2D eigenvalue weighted by atomic mass is 35.5. The zero-order chi connectivity index (χ0) is 8.69. The molecule has 5 heteroatoms. The molecule has 1 saturated heterocycles. The van der Waals surface area contributed by atoms with E-state index in [2.05, 4.69) is 17.6 Å². The highest BCUT2D eigenvalue weighted by molar-refractivity contribution is 5.85. The first-order chi connectivity index (χ1) is 5.13. The lowest BCUT2D eigenvalue weighted by atomic mass is 10.3. The van der Waals surface area contributed by atoms with E-state index in [4.69, 9.17) is 9.90 Å². The van der Waals surface area contributed by atoms with Gasteiger partial charge in [0.25, 0.3) is 5.97 Å². The Bertz CT molecular complexity index is 112. The molecule has 1 rings (SSSR count). The molecule has 0 bridgehead atoms. The summed E-state index contributed by atoms with van der Waals surface area (Å²) in [5.74, 6) is -0.833. The number of nitrogens with one attached hydrogen (secondary N) is 2. The summed E-state index contributed by atoms with van der Waals surface area (Å²) in [5, 5.41) is 14.0. The van der Waals surface area contributed by atoms with Gasteiger partial charge in [-0.25, -0.2) is 0 Å². The van der Waals surface area contributed by atoms with Crippen molar-refractivity contribution in [2.75, 3.05) is 19.6 Å². The van der Waals surface area contributed by atoms with Crippen molar-refractivity contribution in [1.82, 2.24) is 10.6 Å². The van der Waals surface area contributed by atoms with E-state index in [0.717, 1.165) is 26.6 Å². The third-order valence-corrected chi connectivity index (χ3v) is 1.25. The third kappa shape index (κ3) is 12.4. The van der Waals surface area contributed by atoms with E-state index in [1.54, 1.807) is 0 Å². The maximum absolute atomic E-state index is 9.00. The molecule has 1 unspecified atom stereocenters. The van der Waals surface area contributed by atoms with Crippen LogP contribution in [0, 0.1) is 0 Å². The number of rotatable bonds is 0. The second-order valence-corrected chi connectivity index (χ2v) is 2.58. The molecule has 0 spiro atoms. The van der Waals surface area contributed by atoms with Crippen molar-refractivity contribution < 1.29 is 9.90 Å². The Hall–Kier alpha value is -0.320. The first-order valence-electron chi connectivity index (χ1n) is 3.76. The fourth-order valence-corrected chi connectivity index (χ4v) is 0.798. The van der Waals surface area contributed by atoms with Crippen LogP contribution in [-0.4, -0.2) is 36.8 Å². The molecule has 12 heavy (non-hydrogen) atoms. The molecule has 1 heterocycles. The SMILES string of the molecule is CC(=O)O.CC1CNCCN1.Cl. The van der Waals surface area contributed by atoms with Crippen LogP contribution < -0.4 is 10.6 Å².